The van der Waals surface area contributed by atoms with Gasteiger partial charge in [-0.25, -0.2) is 4.79 Å². The largest absolute Gasteiger partial charge is 0.466 e. The minimum Gasteiger partial charge on any atom is -0.466 e. The van der Waals surface area contributed by atoms with Gasteiger partial charge in [0.15, 0.2) is 0 Å². The number of hydrogen-bond acceptors (Lipinski definition) is 5. The van der Waals surface area contributed by atoms with Gasteiger partial charge in [0.2, 0.25) is 0 Å². The minimum absolute atomic E-state index is 0.258. The molecule has 0 aliphatic carbocycles. The second-order valence-electron chi connectivity index (χ2n) is 5.33. The summed E-state index contributed by atoms with van der Waals surface area (Å²) >= 11 is 0. The van der Waals surface area contributed by atoms with Crippen molar-refractivity contribution < 1.29 is 14.6 Å². The van der Waals surface area contributed by atoms with E-state index < -0.39 is 0 Å². The van der Waals surface area contributed by atoms with Gasteiger partial charge in [-0.2, -0.15) is 0 Å². The van der Waals surface area contributed by atoms with Crippen molar-refractivity contribution >= 4 is 5.97 Å². The van der Waals surface area contributed by atoms with Gasteiger partial charge in [-0.05, 0) is 26.9 Å². The lowest BCUT2D eigenvalue weighted by Crippen LogP contribution is -2.37. The second-order valence-corrected chi connectivity index (χ2v) is 5.33. The monoisotopic (exact) mass is 270 g/mol. The number of hydrogen-bond donors (Lipinski definition) is 1. The summed E-state index contributed by atoms with van der Waals surface area (Å²) in [6.45, 7) is 4.23. The third-order valence-corrected chi connectivity index (χ3v) is 3.48. The molecule has 0 radical (unpaired) electrons. The van der Waals surface area contributed by atoms with Crippen LogP contribution in [0.5, 0.6) is 0 Å². The van der Waals surface area contributed by atoms with Crippen LogP contribution < -0.4 is 0 Å². The number of methoxy groups -OCH3 is 1. The van der Waals surface area contributed by atoms with E-state index in [9.17, 15) is 9.90 Å². The zero-order valence-corrected chi connectivity index (χ0v) is 12.4. The summed E-state index contributed by atoms with van der Waals surface area (Å²) < 4.78 is 4.75. The first kappa shape index (κ1) is 16.1. The summed E-state index contributed by atoms with van der Waals surface area (Å²) in [7, 11) is 5.47. The summed E-state index contributed by atoms with van der Waals surface area (Å²) in [4.78, 5) is 15.9. The van der Waals surface area contributed by atoms with E-state index in [-0.39, 0.29) is 12.1 Å². The van der Waals surface area contributed by atoms with Gasteiger partial charge in [-0.1, -0.05) is 13.0 Å². The van der Waals surface area contributed by atoms with Crippen LogP contribution >= 0.6 is 0 Å². The molecular weight excluding hydrogens is 244 g/mol. The molecule has 0 saturated carbocycles. The summed E-state index contributed by atoms with van der Waals surface area (Å²) in [6, 6.07) is 0.344. The number of carbonyl (C=O) groups excluding carboxylic acids is 1. The number of esters is 1. The fraction of sp³-hybridized carbons (Fsp3) is 0.786. The Balaban J connectivity index is 2.63. The van der Waals surface area contributed by atoms with Crippen LogP contribution in [0.1, 0.15) is 19.8 Å². The van der Waals surface area contributed by atoms with Crippen LogP contribution in [0.25, 0.3) is 0 Å². The maximum Gasteiger partial charge on any atom is 0.333 e. The molecule has 5 heteroatoms. The first-order valence-electron chi connectivity index (χ1n) is 6.82. The van der Waals surface area contributed by atoms with E-state index in [1.54, 1.807) is 0 Å². The van der Waals surface area contributed by atoms with Crippen molar-refractivity contribution in [1.29, 1.82) is 0 Å². The van der Waals surface area contributed by atoms with Crippen molar-refractivity contribution in [2.24, 2.45) is 0 Å². The molecule has 1 N–H and O–H groups in total. The molecule has 110 valence electrons. The zero-order chi connectivity index (χ0) is 14.4. The molecule has 1 fully saturated rings. The van der Waals surface area contributed by atoms with E-state index in [1.165, 1.54) is 7.11 Å². The number of aliphatic hydroxyl groups excluding tert-OH is 1. The number of rotatable bonds is 6. The van der Waals surface area contributed by atoms with E-state index in [0.29, 0.717) is 31.1 Å². The van der Waals surface area contributed by atoms with E-state index in [4.69, 9.17) is 4.74 Å². The molecular formula is C14H26N2O3. The van der Waals surface area contributed by atoms with Crippen molar-refractivity contribution in [2.75, 3.05) is 40.8 Å². The number of nitrogens with zero attached hydrogens (tertiary/aromatic N) is 2. The van der Waals surface area contributed by atoms with E-state index in [1.807, 2.05) is 27.1 Å². The normalized spacial score (nSPS) is 25.1. The molecule has 0 aromatic rings. The fourth-order valence-corrected chi connectivity index (χ4v) is 2.52. The Kier molecular flexibility index (Phi) is 6.48. The van der Waals surface area contributed by atoms with Crippen LogP contribution in [0.3, 0.4) is 0 Å². The number of likely N-dealkylation sites (N-methyl/N-ethyl adjacent to an activating group) is 1. The lowest BCUT2D eigenvalue weighted by molar-refractivity contribution is -0.136. The number of ether oxygens (including phenoxy) is 1. The van der Waals surface area contributed by atoms with Crippen LogP contribution in [-0.4, -0.2) is 73.9 Å². The van der Waals surface area contributed by atoms with E-state index in [2.05, 4.69) is 9.80 Å². The average molecular weight is 270 g/mol. The molecule has 5 nitrogen and oxygen atoms in total. The maximum atomic E-state index is 11.5. The highest BCUT2D eigenvalue weighted by atomic mass is 16.5. The third-order valence-electron chi connectivity index (χ3n) is 3.48. The predicted octanol–water partition coefficient (Wildman–Crippen LogP) is 0.493. The van der Waals surface area contributed by atoms with Crippen molar-refractivity contribution in [2.45, 2.75) is 31.9 Å². The molecule has 1 rings (SSSR count). The van der Waals surface area contributed by atoms with Crippen LogP contribution in [0.15, 0.2) is 11.6 Å². The molecule has 2 unspecified atom stereocenters. The Morgan fingerprint density at radius 2 is 2.21 bits per heavy atom. The van der Waals surface area contributed by atoms with Gasteiger partial charge >= 0.3 is 5.97 Å². The molecule has 1 aliphatic heterocycles. The fourth-order valence-electron chi connectivity index (χ4n) is 2.52. The molecule has 0 aromatic heterocycles. The van der Waals surface area contributed by atoms with Crippen molar-refractivity contribution in [3.63, 3.8) is 0 Å². The maximum absolute atomic E-state index is 11.5. The number of aliphatic hydroxyl groups is 1. The van der Waals surface area contributed by atoms with Crippen LogP contribution in [0, 0.1) is 0 Å². The molecule has 1 heterocycles. The van der Waals surface area contributed by atoms with Gasteiger partial charge in [0, 0.05) is 31.2 Å². The van der Waals surface area contributed by atoms with Crippen LogP contribution in [0.2, 0.25) is 0 Å². The zero-order valence-electron chi connectivity index (χ0n) is 12.4. The summed E-state index contributed by atoms with van der Waals surface area (Å²) in [5.74, 6) is -0.258. The third kappa shape index (κ3) is 4.93. The number of carbonyl (C=O) groups is 1. The second kappa shape index (κ2) is 7.62. The highest BCUT2D eigenvalue weighted by Gasteiger charge is 2.30. The standard InChI is InChI=1S/C14H26N2O3/c1-5-11(14(18)19-4)6-7-16-10-13(17)8-12(16)9-15(2)3/h6,12-13,17H,5,7-10H2,1-4H3. The van der Waals surface area contributed by atoms with Crippen molar-refractivity contribution in [3.8, 4) is 0 Å². The lowest BCUT2D eigenvalue weighted by Gasteiger charge is -2.25. The van der Waals surface area contributed by atoms with Crippen LogP contribution in [0.4, 0.5) is 0 Å². The highest BCUT2D eigenvalue weighted by molar-refractivity contribution is 5.88. The van der Waals surface area contributed by atoms with Crippen molar-refractivity contribution in [1.82, 2.24) is 9.80 Å². The van der Waals surface area contributed by atoms with Gasteiger partial charge < -0.3 is 14.7 Å². The average Bonchev–Trinajstić information content (AvgIpc) is 2.69. The molecule has 1 aliphatic rings. The Morgan fingerprint density at radius 1 is 1.53 bits per heavy atom. The Hall–Kier alpha value is -0.910. The predicted molar refractivity (Wildman–Crippen MR) is 74.9 cm³/mol. The van der Waals surface area contributed by atoms with Crippen LogP contribution in [-0.2, 0) is 9.53 Å². The molecule has 19 heavy (non-hydrogen) atoms. The number of likely N-dealkylation sites (tertiary alicyclic amines) is 1. The lowest BCUT2D eigenvalue weighted by atomic mass is 10.1. The molecule has 0 bridgehead atoms. The van der Waals surface area contributed by atoms with Gasteiger partial charge in [0.1, 0.15) is 0 Å². The smallest absolute Gasteiger partial charge is 0.333 e. The Labute approximate surface area is 115 Å². The van der Waals surface area contributed by atoms with Gasteiger partial charge in [0.25, 0.3) is 0 Å². The molecule has 2 atom stereocenters. The topological polar surface area (TPSA) is 53.0 Å². The molecule has 0 aromatic carbocycles. The molecule has 0 spiro atoms. The Bertz CT molecular complexity index is 329. The van der Waals surface area contributed by atoms with Crippen molar-refractivity contribution in [3.05, 3.63) is 11.6 Å². The SMILES string of the molecule is CCC(=CCN1CC(O)CC1CN(C)C)C(=O)OC. The molecule has 1 saturated heterocycles. The number of β-amino-alcohol motifs (C(OH)–C–C–N with tert-alkyl or cyclic N) is 1. The van der Waals surface area contributed by atoms with E-state index in [0.717, 1.165) is 13.0 Å². The first-order valence-corrected chi connectivity index (χ1v) is 6.82. The van der Waals surface area contributed by atoms with Gasteiger partial charge in [0.05, 0.1) is 13.2 Å². The summed E-state index contributed by atoms with van der Waals surface area (Å²) in [6.07, 6.45) is 3.13. The first-order chi connectivity index (χ1) is 8.97. The summed E-state index contributed by atoms with van der Waals surface area (Å²) in [5, 5.41) is 9.79. The Morgan fingerprint density at radius 3 is 2.74 bits per heavy atom. The van der Waals surface area contributed by atoms with Gasteiger partial charge in [-0.3, -0.25) is 4.90 Å². The summed E-state index contributed by atoms with van der Waals surface area (Å²) in [5.41, 5.74) is 0.701. The minimum atomic E-state index is -0.262. The quantitative estimate of drug-likeness (QED) is 0.562. The molecule has 0 amide bonds. The van der Waals surface area contributed by atoms with Gasteiger partial charge in [-0.15, -0.1) is 0 Å². The highest BCUT2D eigenvalue weighted by Crippen LogP contribution is 2.18. The van der Waals surface area contributed by atoms with E-state index >= 15 is 0 Å².